The lowest BCUT2D eigenvalue weighted by atomic mass is 10.1. The van der Waals surface area contributed by atoms with E-state index >= 15 is 0 Å². The van der Waals surface area contributed by atoms with E-state index in [9.17, 15) is 8.42 Å². The fourth-order valence-electron chi connectivity index (χ4n) is 1.91. The van der Waals surface area contributed by atoms with Crippen LogP contribution >= 0.6 is 27.5 Å². The number of halogens is 2. The highest BCUT2D eigenvalue weighted by Crippen LogP contribution is 2.26. The van der Waals surface area contributed by atoms with Gasteiger partial charge in [-0.05, 0) is 34.5 Å². The molecule has 0 aliphatic carbocycles. The van der Waals surface area contributed by atoms with E-state index in [0.29, 0.717) is 4.47 Å². The van der Waals surface area contributed by atoms with Gasteiger partial charge in [-0.15, -0.1) is 0 Å². The Labute approximate surface area is 137 Å². The molecule has 0 aliphatic heterocycles. The van der Waals surface area contributed by atoms with E-state index in [1.807, 2.05) is 31.2 Å². The second-order valence-corrected chi connectivity index (χ2v) is 7.98. The molecule has 1 aromatic heterocycles. The molecule has 0 atom stereocenters. The van der Waals surface area contributed by atoms with Gasteiger partial charge in [-0.2, -0.15) is 4.31 Å². The number of hydrogen-bond donors (Lipinski definition) is 0. The van der Waals surface area contributed by atoms with E-state index < -0.39 is 10.0 Å². The monoisotopic (exact) mass is 388 g/mol. The highest BCUT2D eigenvalue weighted by atomic mass is 79.9. The maximum atomic E-state index is 12.6. The highest BCUT2D eigenvalue weighted by Gasteiger charge is 2.24. The molecule has 0 fully saturated rings. The maximum absolute atomic E-state index is 12.6. The molecule has 0 spiro atoms. The van der Waals surface area contributed by atoms with Crippen LogP contribution in [0.5, 0.6) is 0 Å². The number of aryl methyl sites for hydroxylation is 1. The number of aromatic nitrogens is 1. The van der Waals surface area contributed by atoms with Crippen molar-refractivity contribution in [3.63, 3.8) is 0 Å². The highest BCUT2D eigenvalue weighted by molar-refractivity contribution is 9.10. The van der Waals surface area contributed by atoms with Gasteiger partial charge in [-0.25, -0.2) is 13.4 Å². The van der Waals surface area contributed by atoms with Gasteiger partial charge in [0.2, 0.25) is 10.0 Å². The zero-order valence-corrected chi connectivity index (χ0v) is 14.7. The van der Waals surface area contributed by atoms with Crippen LogP contribution in [0.2, 0.25) is 5.15 Å². The molecule has 2 aromatic rings. The Bertz CT molecular complexity index is 765. The molecule has 0 bridgehead atoms. The summed E-state index contributed by atoms with van der Waals surface area (Å²) in [6, 6.07) is 9.16. The molecule has 0 saturated carbocycles. The van der Waals surface area contributed by atoms with Crippen molar-refractivity contribution in [2.24, 2.45) is 0 Å². The molecule has 4 nitrogen and oxygen atoms in total. The summed E-state index contributed by atoms with van der Waals surface area (Å²) in [5.41, 5.74) is 2.00. The summed E-state index contributed by atoms with van der Waals surface area (Å²) in [5.74, 6) is 0. The molecular formula is C14H14BrClN2O2S. The number of sulfonamides is 1. The average molecular weight is 390 g/mol. The summed E-state index contributed by atoms with van der Waals surface area (Å²) >= 11 is 9.13. The molecule has 7 heteroatoms. The minimum atomic E-state index is -3.69. The molecule has 1 aromatic carbocycles. The zero-order chi connectivity index (χ0) is 15.6. The molecule has 0 unspecified atom stereocenters. The zero-order valence-electron chi connectivity index (χ0n) is 11.5. The molecule has 0 amide bonds. The quantitative estimate of drug-likeness (QED) is 0.750. The van der Waals surface area contributed by atoms with Crippen LogP contribution in [-0.2, 0) is 16.6 Å². The lowest BCUT2D eigenvalue weighted by Gasteiger charge is -2.18. The minimum absolute atomic E-state index is 0.00584. The largest absolute Gasteiger partial charge is 0.246 e. The predicted octanol–water partition coefficient (Wildman–Crippen LogP) is 3.63. The summed E-state index contributed by atoms with van der Waals surface area (Å²) in [4.78, 5) is 3.86. The van der Waals surface area contributed by atoms with Crippen molar-refractivity contribution < 1.29 is 8.42 Å². The molecule has 1 heterocycles. The lowest BCUT2D eigenvalue weighted by Crippen LogP contribution is -2.27. The first-order valence-electron chi connectivity index (χ1n) is 6.13. The fraction of sp³-hybridized carbons (Fsp3) is 0.214. The lowest BCUT2D eigenvalue weighted by molar-refractivity contribution is 0.466. The predicted molar refractivity (Wildman–Crippen MR) is 86.8 cm³/mol. The van der Waals surface area contributed by atoms with Crippen LogP contribution in [0.25, 0.3) is 0 Å². The molecule has 2 rings (SSSR count). The maximum Gasteiger partial charge on any atom is 0.246 e. The van der Waals surface area contributed by atoms with Gasteiger partial charge in [0.15, 0.2) is 0 Å². The van der Waals surface area contributed by atoms with Crippen molar-refractivity contribution >= 4 is 37.6 Å². The summed E-state index contributed by atoms with van der Waals surface area (Å²) in [6.45, 7) is 2.24. The van der Waals surface area contributed by atoms with E-state index in [4.69, 9.17) is 11.6 Å². The van der Waals surface area contributed by atoms with Gasteiger partial charge < -0.3 is 0 Å². The Morgan fingerprint density at radius 2 is 2.05 bits per heavy atom. The first kappa shape index (κ1) is 16.4. The topological polar surface area (TPSA) is 50.3 Å². The second kappa shape index (κ2) is 6.44. The average Bonchev–Trinajstić information content (AvgIpc) is 2.41. The van der Waals surface area contributed by atoms with Crippen molar-refractivity contribution in [3.05, 3.63) is 57.3 Å². The van der Waals surface area contributed by atoms with Crippen molar-refractivity contribution in [2.45, 2.75) is 18.4 Å². The summed E-state index contributed by atoms with van der Waals surface area (Å²) in [5, 5.41) is -0.0331. The first-order valence-corrected chi connectivity index (χ1v) is 8.75. The molecule has 21 heavy (non-hydrogen) atoms. The van der Waals surface area contributed by atoms with Crippen LogP contribution in [0, 0.1) is 6.92 Å². The number of benzene rings is 1. The Morgan fingerprint density at radius 3 is 2.71 bits per heavy atom. The minimum Gasteiger partial charge on any atom is -0.242 e. The summed E-state index contributed by atoms with van der Waals surface area (Å²) in [7, 11) is -2.17. The van der Waals surface area contributed by atoms with Gasteiger partial charge in [0.05, 0.1) is 0 Å². The third-order valence-corrected chi connectivity index (χ3v) is 5.61. The Hall–Kier alpha value is -0.950. The second-order valence-electron chi connectivity index (χ2n) is 4.69. The standard InChI is InChI=1S/C14H14BrClN2O2S/c1-10-4-3-5-11(6-10)9-18(2)21(19,20)13-7-12(15)8-17-14(13)16/h3-8H,9H2,1-2H3. The normalized spacial score (nSPS) is 11.9. The summed E-state index contributed by atoms with van der Waals surface area (Å²) < 4.78 is 27.0. The molecular weight excluding hydrogens is 376 g/mol. The van der Waals surface area contributed by atoms with Crippen LogP contribution in [0.3, 0.4) is 0 Å². The van der Waals surface area contributed by atoms with Gasteiger partial charge in [0, 0.05) is 24.3 Å². The van der Waals surface area contributed by atoms with Gasteiger partial charge in [0.1, 0.15) is 10.0 Å². The molecule has 0 radical (unpaired) electrons. The van der Waals surface area contributed by atoms with Gasteiger partial charge in [-0.1, -0.05) is 41.4 Å². The SMILES string of the molecule is Cc1cccc(CN(C)S(=O)(=O)c2cc(Br)cnc2Cl)c1. The van der Waals surface area contributed by atoms with Crippen molar-refractivity contribution in [2.75, 3.05) is 7.05 Å². The fourth-order valence-corrected chi connectivity index (χ4v) is 3.98. The number of pyridine rings is 1. The van der Waals surface area contributed by atoms with Crippen LogP contribution in [-0.4, -0.2) is 24.8 Å². The van der Waals surface area contributed by atoms with E-state index in [2.05, 4.69) is 20.9 Å². The van der Waals surface area contributed by atoms with Gasteiger partial charge in [0.25, 0.3) is 0 Å². The third-order valence-electron chi connectivity index (χ3n) is 2.95. The van der Waals surface area contributed by atoms with Crippen LogP contribution in [0.1, 0.15) is 11.1 Å². The van der Waals surface area contributed by atoms with Crippen LogP contribution < -0.4 is 0 Å². The molecule has 0 N–H and O–H groups in total. The Morgan fingerprint density at radius 1 is 1.33 bits per heavy atom. The third kappa shape index (κ3) is 3.83. The smallest absolute Gasteiger partial charge is 0.242 e. The molecule has 112 valence electrons. The Balaban J connectivity index is 2.33. The van der Waals surface area contributed by atoms with Crippen LogP contribution in [0.4, 0.5) is 0 Å². The number of nitrogens with zero attached hydrogens (tertiary/aromatic N) is 2. The van der Waals surface area contributed by atoms with E-state index in [-0.39, 0.29) is 16.6 Å². The Kier molecular flexibility index (Phi) is 5.03. The molecule has 0 saturated heterocycles. The van der Waals surface area contributed by atoms with Crippen molar-refractivity contribution in [1.82, 2.24) is 9.29 Å². The van der Waals surface area contributed by atoms with E-state index in [0.717, 1.165) is 11.1 Å². The van der Waals surface area contributed by atoms with E-state index in [1.54, 1.807) is 0 Å². The molecule has 0 aliphatic rings. The summed E-state index contributed by atoms with van der Waals surface area (Å²) in [6.07, 6.45) is 1.46. The van der Waals surface area contributed by atoms with Crippen molar-refractivity contribution in [1.29, 1.82) is 0 Å². The first-order chi connectivity index (χ1) is 9.80. The van der Waals surface area contributed by atoms with Gasteiger partial charge >= 0.3 is 0 Å². The van der Waals surface area contributed by atoms with Crippen LogP contribution in [0.15, 0.2) is 45.9 Å². The van der Waals surface area contributed by atoms with Gasteiger partial charge in [-0.3, -0.25) is 0 Å². The van der Waals surface area contributed by atoms with Crippen molar-refractivity contribution in [3.8, 4) is 0 Å². The number of rotatable bonds is 4. The number of hydrogen-bond acceptors (Lipinski definition) is 3. The van der Waals surface area contributed by atoms with E-state index in [1.165, 1.54) is 23.6 Å².